The highest BCUT2D eigenvalue weighted by Crippen LogP contribution is 2.26. The van der Waals surface area contributed by atoms with Crippen LogP contribution in [0.15, 0.2) is 53.4 Å². The SMILES string of the molecule is COc1ccc([C@H](CNC(=O)c2ccc(S(C)(=O)=O)cc2)N2CCCCC2)cc1. The van der Waals surface area contributed by atoms with Gasteiger partial charge in [-0.3, -0.25) is 9.69 Å². The third-order valence-electron chi connectivity index (χ3n) is 5.33. The van der Waals surface area contributed by atoms with Gasteiger partial charge in [-0.25, -0.2) is 8.42 Å². The molecule has 1 heterocycles. The molecule has 156 valence electrons. The Labute approximate surface area is 172 Å². The van der Waals surface area contributed by atoms with Crippen LogP contribution in [0.1, 0.15) is 41.2 Å². The number of benzene rings is 2. The Morgan fingerprint density at radius 2 is 1.66 bits per heavy atom. The number of ether oxygens (including phenoxy) is 1. The minimum absolute atomic E-state index is 0.0837. The summed E-state index contributed by atoms with van der Waals surface area (Å²) in [7, 11) is -1.63. The van der Waals surface area contributed by atoms with Crippen molar-refractivity contribution < 1.29 is 17.9 Å². The molecule has 7 heteroatoms. The first-order chi connectivity index (χ1) is 13.9. The summed E-state index contributed by atoms with van der Waals surface area (Å²) in [6.45, 7) is 2.50. The number of rotatable bonds is 7. The van der Waals surface area contributed by atoms with Gasteiger partial charge in [-0.15, -0.1) is 0 Å². The third kappa shape index (κ3) is 5.58. The molecule has 1 saturated heterocycles. The molecule has 0 aliphatic carbocycles. The van der Waals surface area contributed by atoms with E-state index in [0.29, 0.717) is 12.1 Å². The summed E-state index contributed by atoms with van der Waals surface area (Å²) in [4.78, 5) is 15.2. The van der Waals surface area contributed by atoms with E-state index in [9.17, 15) is 13.2 Å². The van der Waals surface area contributed by atoms with E-state index in [0.717, 1.165) is 43.5 Å². The summed E-state index contributed by atoms with van der Waals surface area (Å²) < 4.78 is 28.4. The van der Waals surface area contributed by atoms with Crippen LogP contribution in [0, 0.1) is 0 Å². The molecular weight excluding hydrogens is 388 g/mol. The van der Waals surface area contributed by atoms with Crippen molar-refractivity contribution in [2.75, 3.05) is 33.0 Å². The van der Waals surface area contributed by atoms with E-state index in [4.69, 9.17) is 4.74 Å². The number of hydrogen-bond acceptors (Lipinski definition) is 5. The fraction of sp³-hybridized carbons (Fsp3) is 0.409. The predicted molar refractivity (Wildman–Crippen MR) is 113 cm³/mol. The molecule has 1 aliphatic rings. The Bertz CT molecular complexity index is 918. The van der Waals surface area contributed by atoms with Crippen molar-refractivity contribution in [1.82, 2.24) is 10.2 Å². The van der Waals surface area contributed by atoms with Gasteiger partial charge in [-0.1, -0.05) is 18.6 Å². The van der Waals surface area contributed by atoms with Crippen molar-refractivity contribution in [3.63, 3.8) is 0 Å². The average molecular weight is 417 g/mol. The van der Waals surface area contributed by atoms with Crippen LogP contribution in [0.2, 0.25) is 0 Å². The third-order valence-corrected chi connectivity index (χ3v) is 6.46. The molecule has 2 aromatic rings. The maximum atomic E-state index is 12.6. The van der Waals surface area contributed by atoms with Crippen LogP contribution in [-0.2, 0) is 9.84 Å². The molecule has 0 bridgehead atoms. The Morgan fingerprint density at radius 1 is 1.03 bits per heavy atom. The average Bonchev–Trinajstić information content (AvgIpc) is 2.74. The maximum Gasteiger partial charge on any atom is 0.251 e. The van der Waals surface area contributed by atoms with Gasteiger partial charge >= 0.3 is 0 Å². The number of hydrogen-bond donors (Lipinski definition) is 1. The van der Waals surface area contributed by atoms with Crippen molar-refractivity contribution in [2.45, 2.75) is 30.2 Å². The number of likely N-dealkylation sites (tertiary alicyclic amines) is 1. The molecule has 1 fully saturated rings. The molecule has 29 heavy (non-hydrogen) atoms. The maximum absolute atomic E-state index is 12.6. The number of methoxy groups -OCH3 is 1. The summed E-state index contributed by atoms with van der Waals surface area (Å²) in [5.41, 5.74) is 1.59. The number of nitrogens with one attached hydrogen (secondary N) is 1. The topological polar surface area (TPSA) is 75.7 Å². The second kappa shape index (κ2) is 9.41. The molecule has 1 aliphatic heterocycles. The molecule has 1 atom stereocenters. The highest BCUT2D eigenvalue weighted by atomic mass is 32.2. The largest absolute Gasteiger partial charge is 0.497 e. The molecule has 0 radical (unpaired) electrons. The summed E-state index contributed by atoms with van der Waals surface area (Å²) in [6.07, 6.45) is 4.71. The van der Waals surface area contributed by atoms with Crippen LogP contribution < -0.4 is 10.1 Å². The smallest absolute Gasteiger partial charge is 0.251 e. The fourth-order valence-electron chi connectivity index (χ4n) is 3.66. The van der Waals surface area contributed by atoms with Crippen molar-refractivity contribution in [3.05, 3.63) is 59.7 Å². The van der Waals surface area contributed by atoms with Crippen molar-refractivity contribution in [3.8, 4) is 5.75 Å². The van der Waals surface area contributed by atoms with Gasteiger partial charge in [0, 0.05) is 18.4 Å². The van der Waals surface area contributed by atoms with Crippen molar-refractivity contribution >= 4 is 15.7 Å². The first-order valence-corrected chi connectivity index (χ1v) is 11.7. The zero-order chi connectivity index (χ0) is 20.9. The molecule has 3 rings (SSSR count). The zero-order valence-electron chi connectivity index (χ0n) is 16.9. The second-order valence-corrected chi connectivity index (χ2v) is 9.41. The van der Waals surface area contributed by atoms with E-state index in [1.54, 1.807) is 19.2 Å². The van der Waals surface area contributed by atoms with Crippen LogP contribution in [-0.4, -0.2) is 52.2 Å². The van der Waals surface area contributed by atoms with Crippen LogP contribution >= 0.6 is 0 Å². The monoisotopic (exact) mass is 416 g/mol. The van der Waals surface area contributed by atoms with E-state index < -0.39 is 9.84 Å². The van der Waals surface area contributed by atoms with E-state index in [2.05, 4.69) is 10.2 Å². The van der Waals surface area contributed by atoms with Crippen molar-refractivity contribution in [1.29, 1.82) is 0 Å². The van der Waals surface area contributed by atoms with Gasteiger partial charge in [-0.2, -0.15) is 0 Å². The van der Waals surface area contributed by atoms with Gasteiger partial charge in [0.15, 0.2) is 9.84 Å². The molecule has 1 N–H and O–H groups in total. The number of amides is 1. The van der Waals surface area contributed by atoms with Gasteiger partial charge in [-0.05, 0) is 67.9 Å². The normalized spacial score (nSPS) is 16.2. The quantitative estimate of drug-likeness (QED) is 0.751. The summed E-state index contributed by atoms with van der Waals surface area (Å²) >= 11 is 0. The minimum Gasteiger partial charge on any atom is -0.497 e. The summed E-state index contributed by atoms with van der Waals surface area (Å²) in [5, 5.41) is 3.02. The zero-order valence-corrected chi connectivity index (χ0v) is 17.7. The van der Waals surface area contributed by atoms with Crippen LogP contribution in [0.4, 0.5) is 0 Å². The molecule has 6 nitrogen and oxygen atoms in total. The molecule has 0 spiro atoms. The summed E-state index contributed by atoms with van der Waals surface area (Å²) in [6, 6.07) is 14.1. The lowest BCUT2D eigenvalue weighted by Gasteiger charge is -2.35. The number of carbonyl (C=O) groups is 1. The predicted octanol–water partition coefficient (Wildman–Crippen LogP) is 3.06. The summed E-state index contributed by atoms with van der Waals surface area (Å²) in [5.74, 6) is 0.599. The number of sulfone groups is 1. The van der Waals surface area contributed by atoms with Crippen LogP contribution in [0.25, 0.3) is 0 Å². The lowest BCUT2D eigenvalue weighted by Crippen LogP contribution is -2.40. The van der Waals surface area contributed by atoms with E-state index in [1.807, 2.05) is 24.3 Å². The van der Waals surface area contributed by atoms with Gasteiger partial charge in [0.1, 0.15) is 5.75 Å². The Morgan fingerprint density at radius 3 is 2.21 bits per heavy atom. The van der Waals surface area contributed by atoms with Crippen LogP contribution in [0.5, 0.6) is 5.75 Å². The number of nitrogens with zero attached hydrogens (tertiary/aromatic N) is 1. The van der Waals surface area contributed by atoms with E-state index in [-0.39, 0.29) is 16.8 Å². The first-order valence-electron chi connectivity index (χ1n) is 9.85. The number of piperidine rings is 1. The minimum atomic E-state index is -3.28. The highest BCUT2D eigenvalue weighted by molar-refractivity contribution is 7.90. The molecule has 0 aromatic heterocycles. The number of carbonyl (C=O) groups excluding carboxylic acids is 1. The van der Waals surface area contributed by atoms with Crippen LogP contribution in [0.3, 0.4) is 0 Å². The first kappa shape index (κ1) is 21.3. The van der Waals surface area contributed by atoms with Gasteiger partial charge < -0.3 is 10.1 Å². The fourth-order valence-corrected chi connectivity index (χ4v) is 4.29. The Balaban J connectivity index is 1.72. The molecular formula is C22H28N2O4S. The van der Waals surface area contributed by atoms with Gasteiger partial charge in [0.05, 0.1) is 18.0 Å². The molecule has 0 unspecified atom stereocenters. The van der Waals surface area contributed by atoms with Crippen molar-refractivity contribution in [2.24, 2.45) is 0 Å². The lowest BCUT2D eigenvalue weighted by atomic mass is 10.0. The molecule has 2 aromatic carbocycles. The van der Waals surface area contributed by atoms with Gasteiger partial charge in [0.2, 0.25) is 0 Å². The highest BCUT2D eigenvalue weighted by Gasteiger charge is 2.23. The Kier molecular flexibility index (Phi) is 6.92. The van der Waals surface area contributed by atoms with E-state index in [1.165, 1.54) is 18.6 Å². The van der Waals surface area contributed by atoms with E-state index >= 15 is 0 Å². The lowest BCUT2D eigenvalue weighted by molar-refractivity contribution is 0.0924. The van der Waals surface area contributed by atoms with Gasteiger partial charge in [0.25, 0.3) is 5.91 Å². The standard InChI is InChI=1S/C22H28N2O4S/c1-28-19-10-6-17(7-11-19)21(24-14-4-3-5-15-24)16-23-22(25)18-8-12-20(13-9-18)29(2,26)27/h6-13,21H,3-5,14-16H2,1-2H3,(H,23,25)/t21-/m0/s1. The molecule has 1 amide bonds. The second-order valence-electron chi connectivity index (χ2n) is 7.39. The Hall–Kier alpha value is -2.38. The molecule has 0 saturated carbocycles.